The Kier molecular flexibility index (Phi) is 11.7. The number of methoxy groups -OCH3 is 1. The van der Waals surface area contributed by atoms with E-state index in [1.165, 1.54) is 7.11 Å². The average molecular weight is 752 g/mol. The fourth-order valence-electron chi connectivity index (χ4n) is 5.85. The number of piperazine rings is 1. The minimum Gasteiger partial charge on any atom is -0.467 e. The normalized spacial score (nSPS) is 13.9. The van der Waals surface area contributed by atoms with E-state index in [1.807, 2.05) is 51.1 Å². The third-order valence-corrected chi connectivity index (χ3v) is 8.70. The monoisotopic (exact) mass is 751 g/mol. The van der Waals surface area contributed by atoms with Crippen LogP contribution in [-0.2, 0) is 33.8 Å². The van der Waals surface area contributed by atoms with E-state index in [0.717, 1.165) is 40.9 Å². The Balaban J connectivity index is 1.19. The second kappa shape index (κ2) is 16.8. The SMILES string of the molecule is COC(=O)[C@H](Cc1ccc(C#N)cc1)Nc1nc(NCc2nc3cc(Cl)ccc3[nH]2)nc(Nc2cccc(CN3CCN(C(=O)OC(C)(C)C)CC3)c2)n1. The van der Waals surface area contributed by atoms with Crippen LogP contribution in [0, 0.1) is 11.3 Å². The number of amides is 1. The van der Waals surface area contributed by atoms with Gasteiger partial charge in [0.05, 0.1) is 36.3 Å². The van der Waals surface area contributed by atoms with E-state index in [-0.39, 0.29) is 36.9 Å². The summed E-state index contributed by atoms with van der Waals surface area (Å²) in [5.74, 6) is 0.731. The molecular formula is C38H42ClN11O4. The number of H-pyrrole nitrogens is 1. The molecule has 6 rings (SSSR count). The molecule has 3 aromatic carbocycles. The third kappa shape index (κ3) is 10.3. The molecule has 16 heteroatoms. The van der Waals surface area contributed by atoms with Gasteiger partial charge in [0.25, 0.3) is 0 Å². The molecule has 0 bridgehead atoms. The number of aromatic amines is 1. The number of hydrogen-bond donors (Lipinski definition) is 4. The van der Waals surface area contributed by atoms with E-state index < -0.39 is 17.6 Å². The minimum absolute atomic E-state index is 0.134. The Hall–Kier alpha value is -5.98. The molecule has 4 N–H and O–H groups in total. The van der Waals surface area contributed by atoms with Crippen LogP contribution in [0.15, 0.2) is 66.7 Å². The molecular weight excluding hydrogens is 710 g/mol. The molecule has 54 heavy (non-hydrogen) atoms. The quantitative estimate of drug-likeness (QED) is 0.111. The summed E-state index contributed by atoms with van der Waals surface area (Å²) >= 11 is 6.16. The molecule has 1 atom stereocenters. The van der Waals surface area contributed by atoms with Crippen LogP contribution >= 0.6 is 11.6 Å². The fourth-order valence-corrected chi connectivity index (χ4v) is 6.01. The van der Waals surface area contributed by atoms with Crippen LogP contribution in [0.2, 0.25) is 5.02 Å². The summed E-state index contributed by atoms with van der Waals surface area (Å²) in [6, 6.07) is 21.6. The number of esters is 1. The van der Waals surface area contributed by atoms with Crippen molar-refractivity contribution in [3.8, 4) is 6.07 Å². The molecule has 280 valence electrons. The van der Waals surface area contributed by atoms with Crippen LogP contribution in [0.5, 0.6) is 0 Å². The lowest BCUT2D eigenvalue weighted by Gasteiger charge is -2.35. The lowest BCUT2D eigenvalue weighted by atomic mass is 10.0. The van der Waals surface area contributed by atoms with E-state index in [9.17, 15) is 14.9 Å². The predicted octanol–water partition coefficient (Wildman–Crippen LogP) is 5.88. The Labute approximate surface area is 318 Å². The van der Waals surface area contributed by atoms with Crippen molar-refractivity contribution in [1.29, 1.82) is 5.26 Å². The lowest BCUT2D eigenvalue weighted by Crippen LogP contribution is -2.49. The number of rotatable bonds is 12. The summed E-state index contributed by atoms with van der Waals surface area (Å²) in [6.07, 6.45) is -0.0336. The molecule has 1 fully saturated rings. The van der Waals surface area contributed by atoms with Crippen molar-refractivity contribution in [2.75, 3.05) is 49.2 Å². The summed E-state index contributed by atoms with van der Waals surface area (Å²) in [5, 5.41) is 19.4. The summed E-state index contributed by atoms with van der Waals surface area (Å²) in [6.45, 7) is 9.16. The molecule has 3 heterocycles. The highest BCUT2D eigenvalue weighted by Gasteiger charge is 2.26. The van der Waals surface area contributed by atoms with Gasteiger partial charge < -0.3 is 35.3 Å². The molecule has 1 amide bonds. The van der Waals surface area contributed by atoms with Gasteiger partial charge in [0, 0.05) is 49.9 Å². The summed E-state index contributed by atoms with van der Waals surface area (Å²) in [7, 11) is 1.32. The standard InChI is InChI=1S/C38H42ClN11O4/c1-38(2,3)54-37(52)50-16-14-49(15-17-50)23-26-6-5-7-28(18-26)42-35-46-34(41-22-32-43-29-13-12-27(39)20-30(29)44-32)47-36(48-35)45-31(33(51)53-4)19-24-8-10-25(21-40)11-9-24/h5-13,18,20,31H,14-17,19,22-23H2,1-4H3,(H,43,44)(H3,41,42,45,46,47,48)/t31-/m0/s1. The zero-order chi connectivity index (χ0) is 38.2. The van der Waals surface area contributed by atoms with Gasteiger partial charge in [-0.25, -0.2) is 14.6 Å². The number of aromatic nitrogens is 5. The Morgan fingerprint density at radius 3 is 2.41 bits per heavy atom. The third-order valence-electron chi connectivity index (χ3n) is 8.47. The first-order chi connectivity index (χ1) is 25.9. The molecule has 0 spiro atoms. The van der Waals surface area contributed by atoms with E-state index in [0.29, 0.717) is 36.0 Å². The Bertz CT molecular complexity index is 2140. The molecule has 1 saturated heterocycles. The number of hydrogen-bond acceptors (Lipinski definition) is 13. The smallest absolute Gasteiger partial charge is 0.410 e. The Morgan fingerprint density at radius 1 is 0.944 bits per heavy atom. The zero-order valence-electron chi connectivity index (χ0n) is 30.5. The van der Waals surface area contributed by atoms with Crippen molar-refractivity contribution in [3.63, 3.8) is 0 Å². The minimum atomic E-state index is -0.842. The van der Waals surface area contributed by atoms with Crippen LogP contribution < -0.4 is 16.0 Å². The highest BCUT2D eigenvalue weighted by molar-refractivity contribution is 6.31. The first-order valence-corrected chi connectivity index (χ1v) is 17.8. The van der Waals surface area contributed by atoms with Crippen LogP contribution in [0.1, 0.15) is 43.3 Å². The number of carbonyl (C=O) groups excluding carboxylic acids is 2. The van der Waals surface area contributed by atoms with Gasteiger partial charge in [0.15, 0.2) is 0 Å². The highest BCUT2D eigenvalue weighted by Crippen LogP contribution is 2.22. The van der Waals surface area contributed by atoms with E-state index in [4.69, 9.17) is 21.1 Å². The van der Waals surface area contributed by atoms with Crippen molar-refractivity contribution < 1.29 is 19.1 Å². The average Bonchev–Trinajstić information content (AvgIpc) is 3.55. The number of anilines is 4. The molecule has 1 aliphatic rings. The maximum absolute atomic E-state index is 12.9. The van der Waals surface area contributed by atoms with Gasteiger partial charge in [0.2, 0.25) is 17.8 Å². The number of nitrogens with zero attached hydrogens (tertiary/aromatic N) is 7. The van der Waals surface area contributed by atoms with Gasteiger partial charge in [-0.05, 0) is 74.4 Å². The van der Waals surface area contributed by atoms with Crippen molar-refractivity contribution >= 4 is 58.2 Å². The fraction of sp³-hybridized carbons (Fsp3) is 0.342. The number of benzene rings is 3. The summed E-state index contributed by atoms with van der Waals surface area (Å²) in [5.41, 5.74) is 4.18. The molecule has 15 nitrogen and oxygen atoms in total. The summed E-state index contributed by atoms with van der Waals surface area (Å²) < 4.78 is 10.6. The molecule has 0 radical (unpaired) electrons. The number of nitriles is 1. The number of ether oxygens (including phenoxy) is 2. The predicted molar refractivity (Wildman–Crippen MR) is 205 cm³/mol. The van der Waals surface area contributed by atoms with Gasteiger partial charge in [-0.3, -0.25) is 4.90 Å². The van der Waals surface area contributed by atoms with Gasteiger partial charge in [0.1, 0.15) is 17.5 Å². The largest absolute Gasteiger partial charge is 0.467 e. The van der Waals surface area contributed by atoms with Crippen LogP contribution in [0.3, 0.4) is 0 Å². The number of nitrogens with one attached hydrogen (secondary N) is 4. The Morgan fingerprint density at radius 2 is 1.69 bits per heavy atom. The topological polar surface area (TPSA) is 186 Å². The molecule has 5 aromatic rings. The van der Waals surface area contributed by atoms with Crippen LogP contribution in [0.25, 0.3) is 11.0 Å². The van der Waals surface area contributed by atoms with Gasteiger partial charge in [-0.15, -0.1) is 0 Å². The van der Waals surface area contributed by atoms with E-state index in [2.05, 4.69) is 51.8 Å². The van der Waals surface area contributed by atoms with E-state index in [1.54, 1.807) is 41.3 Å². The second-order valence-electron chi connectivity index (χ2n) is 13.8. The first-order valence-electron chi connectivity index (χ1n) is 17.5. The molecule has 0 unspecified atom stereocenters. The summed E-state index contributed by atoms with van der Waals surface area (Å²) in [4.78, 5) is 51.2. The highest BCUT2D eigenvalue weighted by atomic mass is 35.5. The molecule has 0 saturated carbocycles. The van der Waals surface area contributed by atoms with Crippen LogP contribution in [0.4, 0.5) is 28.3 Å². The first kappa shape index (κ1) is 37.8. The van der Waals surface area contributed by atoms with Crippen molar-refractivity contribution in [2.45, 2.75) is 51.9 Å². The number of halogens is 1. The van der Waals surface area contributed by atoms with Gasteiger partial charge in [-0.2, -0.15) is 20.2 Å². The lowest BCUT2D eigenvalue weighted by molar-refractivity contribution is -0.141. The van der Waals surface area contributed by atoms with E-state index >= 15 is 0 Å². The molecule has 1 aliphatic heterocycles. The van der Waals surface area contributed by atoms with Crippen molar-refractivity contribution in [1.82, 2.24) is 34.7 Å². The maximum Gasteiger partial charge on any atom is 0.410 e. The van der Waals surface area contributed by atoms with Crippen molar-refractivity contribution in [3.05, 3.63) is 94.3 Å². The maximum atomic E-state index is 12.9. The number of carbonyl (C=O) groups is 2. The van der Waals surface area contributed by atoms with Gasteiger partial charge >= 0.3 is 12.1 Å². The van der Waals surface area contributed by atoms with Crippen LogP contribution in [-0.4, -0.2) is 91.7 Å². The van der Waals surface area contributed by atoms with Crippen molar-refractivity contribution in [2.24, 2.45) is 0 Å². The molecule has 2 aromatic heterocycles. The van der Waals surface area contributed by atoms with Gasteiger partial charge in [-0.1, -0.05) is 35.9 Å². The number of imidazole rings is 1. The second-order valence-corrected chi connectivity index (χ2v) is 14.2. The number of fused-ring (bicyclic) bond motifs is 1. The molecule has 0 aliphatic carbocycles. The zero-order valence-corrected chi connectivity index (χ0v) is 31.3.